The zero-order chi connectivity index (χ0) is 23.0. The van der Waals surface area contributed by atoms with Crippen LogP contribution in [0.3, 0.4) is 0 Å². The Kier molecular flexibility index (Phi) is 8.03. The Labute approximate surface area is 189 Å². The Balaban J connectivity index is 1.69. The molecule has 0 heterocycles. The number of rotatable bonds is 10. The molecule has 2 N–H and O–H groups in total. The maximum Gasteiger partial charge on any atom is 0.251 e. The van der Waals surface area contributed by atoms with Crippen molar-refractivity contribution in [2.75, 3.05) is 7.11 Å². The summed E-state index contributed by atoms with van der Waals surface area (Å²) in [5.74, 6) is -0.146. The Morgan fingerprint density at radius 1 is 0.938 bits per heavy atom. The minimum atomic E-state index is -3.89. The summed E-state index contributed by atoms with van der Waals surface area (Å²) in [6.45, 7) is 2.07. The summed E-state index contributed by atoms with van der Waals surface area (Å²) in [7, 11) is -2.49. The Morgan fingerprint density at radius 3 is 2.19 bits per heavy atom. The minimum Gasteiger partial charge on any atom is -0.495 e. The number of nitrogens with one attached hydrogen (secondary N) is 2. The molecule has 3 rings (SSSR count). The highest BCUT2D eigenvalue weighted by molar-refractivity contribution is 7.89. The fourth-order valence-corrected chi connectivity index (χ4v) is 4.50. The first-order valence-electron chi connectivity index (χ1n) is 10.5. The highest BCUT2D eigenvalue weighted by Gasteiger charge is 2.22. The van der Waals surface area contributed by atoms with Gasteiger partial charge in [-0.25, -0.2) is 13.1 Å². The Bertz CT molecular complexity index is 1130. The molecule has 0 unspecified atom stereocenters. The van der Waals surface area contributed by atoms with Crippen LogP contribution in [0.25, 0.3) is 0 Å². The predicted octanol–water partition coefficient (Wildman–Crippen LogP) is 3.92. The maximum atomic E-state index is 12.9. The molecule has 0 aliphatic heterocycles. The van der Waals surface area contributed by atoms with Crippen molar-refractivity contribution in [2.45, 2.75) is 37.2 Å². The number of sulfonamides is 1. The zero-order valence-corrected chi connectivity index (χ0v) is 19.1. The van der Waals surface area contributed by atoms with Gasteiger partial charge in [-0.1, -0.05) is 60.7 Å². The number of hydrogen-bond acceptors (Lipinski definition) is 4. The van der Waals surface area contributed by atoms with Crippen molar-refractivity contribution < 1.29 is 17.9 Å². The standard InChI is InChI=1S/C25H28N2O4S/c1-19(13-14-20-9-5-3-6-10-20)27-25(28)22-15-16-23(31-2)24(17-22)32(29,30)26-18-21-11-7-4-8-12-21/h3-12,15-17,19,26H,13-14,18H2,1-2H3,(H,27,28)/t19-/m0/s1. The average molecular weight is 453 g/mol. The highest BCUT2D eigenvalue weighted by Crippen LogP contribution is 2.25. The van der Waals surface area contributed by atoms with E-state index in [-0.39, 0.29) is 34.7 Å². The molecule has 0 spiro atoms. The average Bonchev–Trinajstić information content (AvgIpc) is 2.82. The van der Waals surface area contributed by atoms with Gasteiger partial charge in [-0.15, -0.1) is 0 Å². The molecule has 1 atom stereocenters. The van der Waals surface area contributed by atoms with Crippen LogP contribution < -0.4 is 14.8 Å². The molecule has 0 aliphatic carbocycles. The van der Waals surface area contributed by atoms with E-state index in [0.29, 0.717) is 0 Å². The first-order chi connectivity index (χ1) is 15.4. The second-order valence-electron chi connectivity index (χ2n) is 7.57. The number of carbonyl (C=O) groups excluding carboxylic acids is 1. The van der Waals surface area contributed by atoms with E-state index in [1.165, 1.54) is 24.8 Å². The Morgan fingerprint density at radius 2 is 1.56 bits per heavy atom. The summed E-state index contributed by atoms with van der Waals surface area (Å²) in [6.07, 6.45) is 1.61. The second kappa shape index (κ2) is 10.9. The number of aryl methyl sites for hydroxylation is 1. The molecule has 3 aromatic rings. The lowest BCUT2D eigenvalue weighted by Crippen LogP contribution is -2.33. The molecule has 0 saturated heterocycles. The highest BCUT2D eigenvalue weighted by atomic mass is 32.2. The van der Waals surface area contributed by atoms with Crippen molar-refractivity contribution in [3.8, 4) is 5.75 Å². The van der Waals surface area contributed by atoms with Crippen molar-refractivity contribution in [3.63, 3.8) is 0 Å². The smallest absolute Gasteiger partial charge is 0.251 e. The van der Waals surface area contributed by atoms with Crippen molar-refractivity contribution in [2.24, 2.45) is 0 Å². The monoisotopic (exact) mass is 452 g/mol. The molecule has 0 aliphatic rings. The number of benzene rings is 3. The van der Waals surface area contributed by atoms with E-state index in [4.69, 9.17) is 4.74 Å². The van der Waals surface area contributed by atoms with Gasteiger partial charge in [0.05, 0.1) is 7.11 Å². The van der Waals surface area contributed by atoms with Gasteiger partial charge in [0, 0.05) is 18.2 Å². The van der Waals surface area contributed by atoms with Crippen LogP contribution in [0.1, 0.15) is 34.8 Å². The largest absolute Gasteiger partial charge is 0.495 e. The van der Waals surface area contributed by atoms with E-state index in [1.807, 2.05) is 55.5 Å². The van der Waals surface area contributed by atoms with E-state index in [2.05, 4.69) is 22.2 Å². The zero-order valence-electron chi connectivity index (χ0n) is 18.2. The molecule has 168 valence electrons. The number of ether oxygens (including phenoxy) is 1. The summed E-state index contributed by atoms with van der Waals surface area (Å²) in [5, 5.41) is 2.95. The van der Waals surface area contributed by atoms with Gasteiger partial charge >= 0.3 is 0 Å². The quantitative estimate of drug-likeness (QED) is 0.488. The third-order valence-electron chi connectivity index (χ3n) is 5.11. The second-order valence-corrected chi connectivity index (χ2v) is 9.31. The third kappa shape index (κ3) is 6.42. The predicted molar refractivity (Wildman–Crippen MR) is 125 cm³/mol. The van der Waals surface area contributed by atoms with Crippen LogP contribution in [0.15, 0.2) is 83.8 Å². The van der Waals surface area contributed by atoms with Crippen molar-refractivity contribution in [1.29, 1.82) is 0 Å². The first-order valence-corrected chi connectivity index (χ1v) is 11.9. The van der Waals surface area contributed by atoms with Gasteiger partial charge in [-0.2, -0.15) is 0 Å². The molecule has 1 amide bonds. The van der Waals surface area contributed by atoms with E-state index in [0.717, 1.165) is 18.4 Å². The summed E-state index contributed by atoms with van der Waals surface area (Å²) in [6, 6.07) is 23.6. The minimum absolute atomic E-state index is 0.0685. The van der Waals surface area contributed by atoms with Crippen LogP contribution in [0.5, 0.6) is 5.75 Å². The Hall–Kier alpha value is -3.16. The molecular weight excluding hydrogens is 424 g/mol. The molecule has 7 heteroatoms. The maximum absolute atomic E-state index is 12.9. The van der Waals surface area contributed by atoms with E-state index < -0.39 is 10.0 Å². The normalized spacial score (nSPS) is 12.2. The van der Waals surface area contributed by atoms with Crippen LogP contribution in [-0.4, -0.2) is 27.5 Å². The molecular formula is C25H28N2O4S. The van der Waals surface area contributed by atoms with Crippen LogP contribution in [0, 0.1) is 0 Å². The lowest BCUT2D eigenvalue weighted by atomic mass is 10.1. The molecule has 0 bridgehead atoms. The molecule has 6 nitrogen and oxygen atoms in total. The van der Waals surface area contributed by atoms with Crippen molar-refractivity contribution in [1.82, 2.24) is 10.0 Å². The van der Waals surface area contributed by atoms with Crippen LogP contribution in [-0.2, 0) is 23.0 Å². The molecule has 0 fully saturated rings. The van der Waals surface area contributed by atoms with Gasteiger partial charge in [-0.3, -0.25) is 4.79 Å². The number of methoxy groups -OCH3 is 1. The third-order valence-corrected chi connectivity index (χ3v) is 6.53. The molecule has 0 radical (unpaired) electrons. The fraction of sp³-hybridized carbons (Fsp3) is 0.240. The summed E-state index contributed by atoms with van der Waals surface area (Å²) in [4.78, 5) is 12.7. The summed E-state index contributed by atoms with van der Waals surface area (Å²) in [5.41, 5.74) is 2.30. The van der Waals surface area contributed by atoms with Crippen molar-refractivity contribution >= 4 is 15.9 Å². The topological polar surface area (TPSA) is 84.5 Å². The lowest BCUT2D eigenvalue weighted by Gasteiger charge is -2.16. The van der Waals surface area contributed by atoms with E-state index >= 15 is 0 Å². The number of carbonyl (C=O) groups is 1. The molecule has 0 saturated carbocycles. The van der Waals surface area contributed by atoms with E-state index in [1.54, 1.807) is 6.07 Å². The van der Waals surface area contributed by atoms with E-state index in [9.17, 15) is 13.2 Å². The number of amides is 1. The lowest BCUT2D eigenvalue weighted by molar-refractivity contribution is 0.0938. The SMILES string of the molecule is COc1ccc(C(=O)N[C@@H](C)CCc2ccccc2)cc1S(=O)(=O)NCc1ccccc1. The summed E-state index contributed by atoms with van der Waals surface area (Å²) < 4.78 is 33.6. The van der Waals surface area contributed by atoms with Gasteiger partial charge in [0.15, 0.2) is 0 Å². The molecule has 3 aromatic carbocycles. The molecule has 32 heavy (non-hydrogen) atoms. The van der Waals surface area contributed by atoms with Gasteiger partial charge in [0.2, 0.25) is 10.0 Å². The van der Waals surface area contributed by atoms with Gasteiger partial charge in [0.25, 0.3) is 5.91 Å². The van der Waals surface area contributed by atoms with Crippen LogP contribution >= 0.6 is 0 Å². The van der Waals surface area contributed by atoms with Gasteiger partial charge in [-0.05, 0) is 49.1 Å². The van der Waals surface area contributed by atoms with Gasteiger partial charge < -0.3 is 10.1 Å². The van der Waals surface area contributed by atoms with Crippen LogP contribution in [0.2, 0.25) is 0 Å². The first kappa shape index (κ1) is 23.5. The van der Waals surface area contributed by atoms with Gasteiger partial charge in [0.1, 0.15) is 10.6 Å². The fourth-order valence-electron chi connectivity index (χ4n) is 3.29. The summed E-state index contributed by atoms with van der Waals surface area (Å²) >= 11 is 0. The molecule has 0 aromatic heterocycles. The van der Waals surface area contributed by atoms with Crippen LogP contribution in [0.4, 0.5) is 0 Å². The number of hydrogen-bond donors (Lipinski definition) is 2. The van der Waals surface area contributed by atoms with Crippen molar-refractivity contribution in [3.05, 3.63) is 95.6 Å².